The molecule has 0 aliphatic heterocycles. The number of halogens is 1. The minimum Gasteiger partial charge on any atom is -0.363 e. The molecule has 2 N–H and O–H groups in total. The van der Waals surface area contributed by atoms with E-state index in [-0.39, 0.29) is 24.0 Å². The Labute approximate surface area is 193 Å². The maximum Gasteiger partial charge on any atom is 0.191 e. The molecule has 2 heterocycles. The molecule has 0 amide bonds. The topological polar surface area (TPSA) is 65.4 Å². The molecule has 1 aromatic carbocycles. The average Bonchev–Trinajstić information content (AvgIpc) is 3.18. The van der Waals surface area contributed by atoms with E-state index in [4.69, 9.17) is 4.98 Å². The first-order valence-corrected chi connectivity index (χ1v) is 10.4. The van der Waals surface area contributed by atoms with Crippen molar-refractivity contribution in [2.24, 2.45) is 4.99 Å². The normalized spacial score (nSPS) is 11.2. The monoisotopic (exact) mass is 524 g/mol. The van der Waals surface area contributed by atoms with Gasteiger partial charge in [-0.15, -0.1) is 35.3 Å². The lowest BCUT2D eigenvalue weighted by atomic mass is 10.1. The number of rotatable bonds is 7. The zero-order chi connectivity index (χ0) is 19.9. The van der Waals surface area contributed by atoms with Crippen molar-refractivity contribution < 1.29 is 0 Å². The van der Waals surface area contributed by atoms with Gasteiger partial charge in [-0.05, 0) is 24.1 Å². The number of fused-ring (bicyclic) bond motifs is 1. The fourth-order valence-electron chi connectivity index (χ4n) is 2.92. The third kappa shape index (κ3) is 6.27. The summed E-state index contributed by atoms with van der Waals surface area (Å²) in [4.78, 5) is 16.9. The number of hydrogen-bond donors (Lipinski definition) is 2. The van der Waals surface area contributed by atoms with E-state index in [0.717, 1.165) is 47.1 Å². The number of thiazole rings is 1. The Morgan fingerprint density at radius 2 is 2.00 bits per heavy atom. The van der Waals surface area contributed by atoms with Gasteiger partial charge in [-0.25, -0.2) is 9.97 Å². The van der Waals surface area contributed by atoms with Crippen LogP contribution in [0.4, 0.5) is 5.82 Å². The summed E-state index contributed by atoms with van der Waals surface area (Å²) in [5, 5.41) is 9.12. The van der Waals surface area contributed by atoms with Gasteiger partial charge in [0.2, 0.25) is 0 Å². The molecular weight excluding hydrogens is 495 g/mol. The second-order valence-corrected chi connectivity index (χ2v) is 7.93. The summed E-state index contributed by atoms with van der Waals surface area (Å²) in [6.45, 7) is 3.64. The first kappa shape index (κ1) is 23.3. The highest BCUT2D eigenvalue weighted by Crippen LogP contribution is 2.22. The van der Waals surface area contributed by atoms with Crippen LogP contribution in [-0.2, 0) is 19.4 Å². The van der Waals surface area contributed by atoms with Gasteiger partial charge >= 0.3 is 0 Å². The number of para-hydroxylation sites is 1. The third-order valence-corrected chi connectivity index (χ3v) is 5.70. The number of hydrogen-bond acceptors (Lipinski definition) is 5. The van der Waals surface area contributed by atoms with E-state index in [1.807, 2.05) is 31.3 Å². The van der Waals surface area contributed by atoms with Crippen LogP contribution in [-0.4, -0.2) is 43.6 Å². The number of anilines is 1. The Kier molecular flexibility index (Phi) is 9.09. The van der Waals surface area contributed by atoms with E-state index >= 15 is 0 Å². The van der Waals surface area contributed by atoms with Crippen molar-refractivity contribution in [1.29, 1.82) is 0 Å². The molecule has 3 aromatic rings. The van der Waals surface area contributed by atoms with Gasteiger partial charge in [0, 0.05) is 57.1 Å². The fraction of sp³-hybridized carbons (Fsp3) is 0.381. The SMILES string of the molecule is CCc1cnc(CCNC(=NC)NCc2cc(N(C)C)nc3ccccc23)s1.I. The number of nitrogens with one attached hydrogen (secondary N) is 2. The summed E-state index contributed by atoms with van der Waals surface area (Å²) in [6, 6.07) is 10.4. The van der Waals surface area contributed by atoms with E-state index in [0.29, 0.717) is 6.54 Å². The number of benzene rings is 1. The number of aromatic nitrogens is 2. The zero-order valence-electron chi connectivity index (χ0n) is 17.4. The second kappa shape index (κ2) is 11.3. The van der Waals surface area contributed by atoms with Crippen LogP contribution in [0.2, 0.25) is 0 Å². The van der Waals surface area contributed by atoms with E-state index in [2.05, 4.69) is 51.8 Å². The maximum absolute atomic E-state index is 4.72. The lowest BCUT2D eigenvalue weighted by molar-refractivity contribution is 0.793. The highest BCUT2D eigenvalue weighted by atomic mass is 127. The molecule has 0 radical (unpaired) electrons. The van der Waals surface area contributed by atoms with Gasteiger partial charge in [0.05, 0.1) is 10.5 Å². The minimum absolute atomic E-state index is 0. The van der Waals surface area contributed by atoms with Crippen LogP contribution >= 0.6 is 35.3 Å². The quantitative estimate of drug-likeness (QED) is 0.279. The molecule has 0 bridgehead atoms. The van der Waals surface area contributed by atoms with Crippen molar-refractivity contribution in [3.8, 4) is 0 Å². The van der Waals surface area contributed by atoms with Crippen LogP contribution in [0.15, 0.2) is 41.5 Å². The van der Waals surface area contributed by atoms with Crippen LogP contribution in [0.25, 0.3) is 10.9 Å². The van der Waals surface area contributed by atoms with E-state index < -0.39 is 0 Å². The van der Waals surface area contributed by atoms with E-state index in [1.54, 1.807) is 18.4 Å². The summed E-state index contributed by atoms with van der Waals surface area (Å²) in [6.07, 6.45) is 3.92. The number of nitrogens with zero attached hydrogens (tertiary/aromatic N) is 4. The molecular formula is C21H29IN6S. The van der Waals surface area contributed by atoms with Crippen molar-refractivity contribution in [3.63, 3.8) is 0 Å². The van der Waals surface area contributed by atoms with Gasteiger partial charge in [0.1, 0.15) is 5.82 Å². The Hall–Kier alpha value is -1.94. The molecule has 29 heavy (non-hydrogen) atoms. The van der Waals surface area contributed by atoms with Crippen LogP contribution in [0.1, 0.15) is 22.4 Å². The summed E-state index contributed by atoms with van der Waals surface area (Å²) in [5.74, 6) is 1.74. The van der Waals surface area contributed by atoms with Gasteiger partial charge in [-0.3, -0.25) is 4.99 Å². The fourth-order valence-corrected chi connectivity index (χ4v) is 3.78. The van der Waals surface area contributed by atoms with Crippen molar-refractivity contribution in [2.75, 3.05) is 32.6 Å². The molecule has 0 unspecified atom stereocenters. The van der Waals surface area contributed by atoms with Crippen LogP contribution < -0.4 is 15.5 Å². The van der Waals surface area contributed by atoms with E-state index in [1.165, 1.54) is 10.4 Å². The predicted octanol–water partition coefficient (Wildman–Crippen LogP) is 3.85. The highest BCUT2D eigenvalue weighted by Gasteiger charge is 2.08. The first-order chi connectivity index (χ1) is 13.6. The predicted molar refractivity (Wildman–Crippen MR) is 135 cm³/mol. The van der Waals surface area contributed by atoms with Crippen molar-refractivity contribution in [3.05, 3.63) is 52.0 Å². The summed E-state index contributed by atoms with van der Waals surface area (Å²) in [5.41, 5.74) is 2.20. The largest absolute Gasteiger partial charge is 0.363 e. The third-order valence-electron chi connectivity index (χ3n) is 4.50. The molecule has 3 rings (SSSR count). The number of aliphatic imine (C=N–C) groups is 1. The molecule has 6 nitrogen and oxygen atoms in total. The molecule has 0 aliphatic carbocycles. The minimum atomic E-state index is 0. The van der Waals surface area contributed by atoms with Gasteiger partial charge < -0.3 is 15.5 Å². The highest BCUT2D eigenvalue weighted by molar-refractivity contribution is 14.0. The van der Waals surface area contributed by atoms with Gasteiger partial charge in [0.25, 0.3) is 0 Å². The molecule has 2 aromatic heterocycles. The lowest BCUT2D eigenvalue weighted by Gasteiger charge is -2.16. The lowest BCUT2D eigenvalue weighted by Crippen LogP contribution is -2.37. The summed E-state index contributed by atoms with van der Waals surface area (Å²) >= 11 is 1.79. The molecule has 0 atom stereocenters. The molecule has 8 heteroatoms. The Bertz CT molecular complexity index is 953. The van der Waals surface area contributed by atoms with Crippen LogP contribution in [0.5, 0.6) is 0 Å². The Morgan fingerprint density at radius 3 is 2.69 bits per heavy atom. The number of aryl methyl sites for hydroxylation is 1. The maximum atomic E-state index is 4.72. The molecule has 0 aliphatic rings. The van der Waals surface area contributed by atoms with Gasteiger partial charge in [0.15, 0.2) is 5.96 Å². The molecule has 0 spiro atoms. The van der Waals surface area contributed by atoms with Crippen LogP contribution in [0, 0.1) is 0 Å². The van der Waals surface area contributed by atoms with Crippen molar-refractivity contribution in [2.45, 2.75) is 26.3 Å². The molecule has 0 saturated carbocycles. The van der Waals surface area contributed by atoms with Gasteiger partial charge in [-0.1, -0.05) is 25.1 Å². The molecule has 0 saturated heterocycles. The first-order valence-electron chi connectivity index (χ1n) is 9.54. The zero-order valence-corrected chi connectivity index (χ0v) is 20.5. The Morgan fingerprint density at radius 1 is 1.21 bits per heavy atom. The molecule has 0 fully saturated rings. The standard InChI is InChI=1S/C21H28N6S.HI/c1-5-16-14-24-20(28-16)10-11-23-21(22-2)25-13-15-12-19(27(3)4)26-18-9-7-6-8-17(15)18;/h6-9,12,14H,5,10-11,13H2,1-4H3,(H2,22,23,25);1H. The van der Waals surface area contributed by atoms with Crippen molar-refractivity contribution >= 4 is 58.0 Å². The summed E-state index contributed by atoms with van der Waals surface area (Å²) < 4.78 is 0. The van der Waals surface area contributed by atoms with Crippen LogP contribution in [0.3, 0.4) is 0 Å². The number of pyridine rings is 1. The molecule has 156 valence electrons. The van der Waals surface area contributed by atoms with Gasteiger partial charge in [-0.2, -0.15) is 0 Å². The number of guanidine groups is 1. The average molecular weight is 524 g/mol. The second-order valence-electron chi connectivity index (χ2n) is 6.73. The Balaban J connectivity index is 0.00000300. The van der Waals surface area contributed by atoms with Crippen molar-refractivity contribution in [1.82, 2.24) is 20.6 Å². The summed E-state index contributed by atoms with van der Waals surface area (Å²) in [7, 11) is 5.82. The smallest absolute Gasteiger partial charge is 0.191 e. The van der Waals surface area contributed by atoms with E-state index in [9.17, 15) is 0 Å².